The van der Waals surface area contributed by atoms with Crippen molar-refractivity contribution < 1.29 is 10.2 Å². The van der Waals surface area contributed by atoms with Gasteiger partial charge in [-0.2, -0.15) is 0 Å². The number of benzene rings is 1. The second kappa shape index (κ2) is 4.82. The molecule has 4 aromatic rings. The normalized spacial score (nSPS) is 11.4. The molecule has 24 heavy (non-hydrogen) atoms. The van der Waals surface area contributed by atoms with E-state index in [1.807, 2.05) is 6.92 Å². The molecule has 0 radical (unpaired) electrons. The Morgan fingerprint density at radius 2 is 1.88 bits per heavy atom. The molecule has 0 unspecified atom stereocenters. The van der Waals surface area contributed by atoms with Gasteiger partial charge in [0.05, 0.1) is 28.3 Å². The zero-order valence-electron chi connectivity index (χ0n) is 13.1. The molecule has 0 aliphatic rings. The molecule has 0 saturated carbocycles. The third-order valence-corrected chi connectivity index (χ3v) is 4.31. The lowest BCUT2D eigenvalue weighted by Crippen LogP contribution is -2.16. The van der Waals surface area contributed by atoms with Gasteiger partial charge in [0.2, 0.25) is 5.88 Å². The van der Waals surface area contributed by atoms with Gasteiger partial charge in [0.1, 0.15) is 11.2 Å². The topological polar surface area (TPSA) is 111 Å². The van der Waals surface area contributed by atoms with Gasteiger partial charge in [-0.25, -0.2) is 9.97 Å². The van der Waals surface area contributed by atoms with Crippen molar-refractivity contribution in [1.82, 2.24) is 19.5 Å². The Bertz CT molecular complexity index is 1170. The number of phenolic OH excluding ortho intramolecular Hbond substituents is 1. The van der Waals surface area contributed by atoms with Gasteiger partial charge < -0.3 is 15.2 Å². The van der Waals surface area contributed by atoms with Crippen molar-refractivity contribution in [2.45, 2.75) is 13.8 Å². The number of nitrogens with zero attached hydrogens (tertiary/aromatic N) is 3. The maximum atomic E-state index is 10.3. The summed E-state index contributed by atoms with van der Waals surface area (Å²) in [6.07, 6.45) is 3.02. The van der Waals surface area contributed by atoms with Gasteiger partial charge in [-0.3, -0.25) is 9.98 Å². The standard InChI is InChI=1S/C17H15N5O2/c1-8-3-4-11(23)9(2)14(8)22-15(18)13-12-10(5-6-19-17(13)24)20-7-21-16(12)22/h3-7,18,23-24H,1-2H3,(H,20,21). The highest BCUT2D eigenvalue weighted by Crippen LogP contribution is 2.32. The van der Waals surface area contributed by atoms with Gasteiger partial charge in [0.25, 0.3) is 0 Å². The minimum absolute atomic E-state index is 0.0695. The lowest BCUT2D eigenvalue weighted by atomic mass is 10.1. The number of rotatable bonds is 1. The van der Waals surface area contributed by atoms with Crippen LogP contribution >= 0.6 is 0 Å². The Morgan fingerprint density at radius 3 is 2.67 bits per heavy atom. The van der Waals surface area contributed by atoms with Crippen LogP contribution in [0.25, 0.3) is 27.6 Å². The second-order valence-corrected chi connectivity index (χ2v) is 5.72. The monoisotopic (exact) mass is 321 g/mol. The third kappa shape index (κ3) is 1.75. The van der Waals surface area contributed by atoms with Crippen LogP contribution in [0.5, 0.6) is 11.6 Å². The van der Waals surface area contributed by atoms with Crippen molar-refractivity contribution in [3.8, 4) is 17.3 Å². The van der Waals surface area contributed by atoms with Crippen LogP contribution in [0.1, 0.15) is 11.1 Å². The number of nitrogens with one attached hydrogen (secondary N) is 2. The Balaban J connectivity index is 2.32. The van der Waals surface area contributed by atoms with E-state index in [1.54, 1.807) is 29.7 Å². The molecule has 4 N–H and O–H groups in total. The summed E-state index contributed by atoms with van der Waals surface area (Å²) in [6.45, 7) is 3.70. The molecule has 0 spiro atoms. The van der Waals surface area contributed by atoms with Crippen LogP contribution in [-0.4, -0.2) is 29.7 Å². The molecule has 3 aromatic heterocycles. The van der Waals surface area contributed by atoms with E-state index in [-0.39, 0.29) is 17.1 Å². The fraction of sp³-hybridized carbons (Fsp3) is 0.118. The Kier molecular flexibility index (Phi) is 2.86. The first-order valence-corrected chi connectivity index (χ1v) is 7.40. The van der Waals surface area contributed by atoms with Crippen molar-refractivity contribution in [3.63, 3.8) is 0 Å². The van der Waals surface area contributed by atoms with Gasteiger partial charge in [-0.05, 0) is 31.5 Å². The van der Waals surface area contributed by atoms with Crippen molar-refractivity contribution in [3.05, 3.63) is 47.3 Å². The summed E-state index contributed by atoms with van der Waals surface area (Å²) in [6, 6.07) is 5.14. The van der Waals surface area contributed by atoms with Crippen LogP contribution in [0.15, 0.2) is 30.7 Å². The molecule has 120 valence electrons. The molecule has 7 heteroatoms. The molecule has 3 heterocycles. The highest BCUT2D eigenvalue weighted by molar-refractivity contribution is 6.07. The number of hydrogen-bond donors (Lipinski definition) is 4. The molecule has 0 aliphatic heterocycles. The number of hydrogen-bond acceptors (Lipinski definition) is 5. The van der Waals surface area contributed by atoms with Crippen LogP contribution in [-0.2, 0) is 0 Å². The molecule has 1 aromatic carbocycles. The Labute approximate surface area is 136 Å². The van der Waals surface area contributed by atoms with E-state index in [0.717, 1.165) is 5.56 Å². The van der Waals surface area contributed by atoms with Crippen LogP contribution in [0.4, 0.5) is 0 Å². The predicted molar refractivity (Wildman–Crippen MR) is 89.4 cm³/mol. The van der Waals surface area contributed by atoms with Crippen molar-refractivity contribution in [2.24, 2.45) is 0 Å². The Hall–Kier alpha value is -3.35. The van der Waals surface area contributed by atoms with Crippen LogP contribution in [0.2, 0.25) is 0 Å². The van der Waals surface area contributed by atoms with Crippen LogP contribution < -0.4 is 5.49 Å². The first-order chi connectivity index (χ1) is 11.5. The van der Waals surface area contributed by atoms with Gasteiger partial charge >= 0.3 is 0 Å². The molecule has 0 amide bonds. The molecule has 0 bridgehead atoms. The highest BCUT2D eigenvalue weighted by Gasteiger charge is 2.20. The summed E-state index contributed by atoms with van der Waals surface area (Å²) in [5, 5.41) is 29.9. The molecule has 4 rings (SSSR count). The SMILES string of the molecule is Cc1ccc(O)c(C)c1-n1c(=N)c2c(O)nccc3[nH]cnc1c32. The smallest absolute Gasteiger partial charge is 0.222 e. The van der Waals surface area contributed by atoms with Crippen molar-refractivity contribution in [1.29, 1.82) is 5.41 Å². The minimum atomic E-state index is -0.226. The summed E-state index contributed by atoms with van der Waals surface area (Å²) in [4.78, 5) is 11.3. The van der Waals surface area contributed by atoms with E-state index < -0.39 is 0 Å². The first-order valence-electron chi connectivity index (χ1n) is 7.40. The molecule has 0 saturated heterocycles. The maximum absolute atomic E-state index is 10.3. The van der Waals surface area contributed by atoms with E-state index >= 15 is 0 Å². The fourth-order valence-corrected chi connectivity index (χ4v) is 3.16. The largest absolute Gasteiger partial charge is 0.508 e. The van der Waals surface area contributed by atoms with Crippen molar-refractivity contribution in [2.75, 3.05) is 0 Å². The lowest BCUT2D eigenvalue weighted by Gasteiger charge is -2.13. The zero-order valence-corrected chi connectivity index (χ0v) is 13.1. The molecule has 0 aliphatic carbocycles. The number of aromatic hydroxyl groups is 2. The molecular weight excluding hydrogens is 306 g/mol. The van der Waals surface area contributed by atoms with Crippen LogP contribution in [0.3, 0.4) is 0 Å². The summed E-state index contributed by atoms with van der Waals surface area (Å²) >= 11 is 0. The summed E-state index contributed by atoms with van der Waals surface area (Å²) in [5.74, 6) is -0.0818. The Morgan fingerprint density at radius 1 is 1.08 bits per heavy atom. The summed E-state index contributed by atoms with van der Waals surface area (Å²) in [7, 11) is 0. The van der Waals surface area contributed by atoms with E-state index in [4.69, 9.17) is 5.41 Å². The van der Waals surface area contributed by atoms with E-state index in [2.05, 4.69) is 15.0 Å². The molecular formula is C17H15N5O2. The number of aromatic nitrogens is 4. The number of H-pyrrole nitrogens is 1. The third-order valence-electron chi connectivity index (χ3n) is 4.31. The van der Waals surface area contributed by atoms with Crippen molar-refractivity contribution >= 4 is 21.9 Å². The fourth-order valence-electron chi connectivity index (χ4n) is 3.16. The number of aromatic amines is 1. The van der Waals surface area contributed by atoms with E-state index in [0.29, 0.717) is 33.2 Å². The van der Waals surface area contributed by atoms with Gasteiger partial charge in [-0.15, -0.1) is 0 Å². The minimum Gasteiger partial charge on any atom is -0.508 e. The zero-order chi connectivity index (χ0) is 17.0. The molecule has 7 nitrogen and oxygen atoms in total. The summed E-state index contributed by atoms with van der Waals surface area (Å²) in [5.41, 5.74) is 3.52. The highest BCUT2D eigenvalue weighted by atomic mass is 16.3. The average molecular weight is 321 g/mol. The number of aryl methyl sites for hydroxylation is 1. The van der Waals surface area contributed by atoms with Gasteiger partial charge in [-0.1, -0.05) is 6.07 Å². The van der Waals surface area contributed by atoms with Crippen LogP contribution in [0, 0.1) is 19.3 Å². The maximum Gasteiger partial charge on any atom is 0.222 e. The summed E-state index contributed by atoms with van der Waals surface area (Å²) < 4.78 is 1.64. The quantitative estimate of drug-likeness (QED) is 0.431. The average Bonchev–Trinajstić information content (AvgIpc) is 2.73. The predicted octanol–water partition coefficient (Wildman–Crippen LogP) is 2.41. The lowest BCUT2D eigenvalue weighted by molar-refractivity contribution is 0.460. The van der Waals surface area contributed by atoms with Gasteiger partial charge in [0.15, 0.2) is 5.65 Å². The van der Waals surface area contributed by atoms with E-state index in [1.165, 1.54) is 12.5 Å². The second-order valence-electron chi connectivity index (χ2n) is 5.72. The molecule has 0 fully saturated rings. The van der Waals surface area contributed by atoms with E-state index in [9.17, 15) is 10.2 Å². The molecule has 0 atom stereocenters. The van der Waals surface area contributed by atoms with Gasteiger partial charge in [0, 0.05) is 11.8 Å². The number of phenols is 1. The first kappa shape index (κ1) is 14.3.